The van der Waals surface area contributed by atoms with E-state index in [1.807, 2.05) is 0 Å². The Balaban J connectivity index is 2.30. The van der Waals surface area contributed by atoms with Gasteiger partial charge in [0.15, 0.2) is 0 Å². The van der Waals surface area contributed by atoms with Gasteiger partial charge in [0.25, 0.3) is 0 Å². The van der Waals surface area contributed by atoms with Gasteiger partial charge in [0, 0.05) is 12.5 Å². The normalized spacial score (nSPS) is 12.5. The van der Waals surface area contributed by atoms with E-state index in [2.05, 4.69) is 44.2 Å². The van der Waals surface area contributed by atoms with Crippen LogP contribution in [-0.4, -0.2) is 13.2 Å². The van der Waals surface area contributed by atoms with E-state index in [4.69, 9.17) is 4.74 Å². The first kappa shape index (κ1) is 16.2. The van der Waals surface area contributed by atoms with Crippen molar-refractivity contribution in [3.05, 3.63) is 35.9 Å². The molecule has 0 N–H and O–H groups in total. The zero-order chi connectivity index (χ0) is 13.8. The Morgan fingerprint density at radius 2 is 1.58 bits per heavy atom. The van der Waals surface area contributed by atoms with Crippen molar-refractivity contribution >= 4 is 0 Å². The van der Waals surface area contributed by atoms with Gasteiger partial charge in [-0.05, 0) is 18.9 Å². The van der Waals surface area contributed by atoms with E-state index in [0.29, 0.717) is 5.92 Å². The van der Waals surface area contributed by atoms with Crippen LogP contribution in [0.3, 0.4) is 0 Å². The third kappa shape index (κ3) is 7.37. The molecule has 1 atom stereocenters. The van der Waals surface area contributed by atoms with E-state index in [-0.39, 0.29) is 0 Å². The van der Waals surface area contributed by atoms with E-state index < -0.39 is 0 Å². The number of benzene rings is 1. The molecular weight excluding hydrogens is 232 g/mol. The third-order valence-electron chi connectivity index (χ3n) is 3.70. The van der Waals surface area contributed by atoms with Gasteiger partial charge < -0.3 is 4.74 Å². The predicted octanol–water partition coefficient (Wildman–Crippen LogP) is 5.56. The number of hydrogen-bond acceptors (Lipinski definition) is 1. The summed E-state index contributed by atoms with van der Waals surface area (Å²) in [7, 11) is 0. The van der Waals surface area contributed by atoms with Crippen LogP contribution in [0.1, 0.15) is 70.3 Å². The third-order valence-corrected chi connectivity index (χ3v) is 3.70. The molecule has 0 bridgehead atoms. The molecule has 1 aromatic rings. The van der Waals surface area contributed by atoms with Gasteiger partial charge in [0.05, 0.1) is 6.61 Å². The maximum atomic E-state index is 5.65. The number of ether oxygens (including phenoxy) is 1. The van der Waals surface area contributed by atoms with Crippen molar-refractivity contribution in [2.45, 2.75) is 64.7 Å². The highest BCUT2D eigenvalue weighted by atomic mass is 16.5. The van der Waals surface area contributed by atoms with Crippen molar-refractivity contribution in [3.8, 4) is 0 Å². The van der Waals surface area contributed by atoms with Crippen LogP contribution in [0.2, 0.25) is 0 Å². The minimum atomic E-state index is 0.576. The van der Waals surface area contributed by atoms with Crippen molar-refractivity contribution in [1.82, 2.24) is 0 Å². The van der Waals surface area contributed by atoms with Crippen molar-refractivity contribution < 1.29 is 4.74 Å². The first-order valence-electron chi connectivity index (χ1n) is 8.01. The molecule has 0 fully saturated rings. The highest BCUT2D eigenvalue weighted by Crippen LogP contribution is 2.23. The predicted molar refractivity (Wildman–Crippen MR) is 83.7 cm³/mol. The van der Waals surface area contributed by atoms with Gasteiger partial charge in [-0.25, -0.2) is 0 Å². The molecule has 1 heteroatoms. The second kappa shape index (κ2) is 11.0. The Morgan fingerprint density at radius 1 is 0.895 bits per heavy atom. The molecule has 0 heterocycles. The van der Waals surface area contributed by atoms with Crippen molar-refractivity contribution in [1.29, 1.82) is 0 Å². The fraction of sp³-hybridized carbons (Fsp3) is 0.667. The van der Waals surface area contributed by atoms with E-state index >= 15 is 0 Å². The van der Waals surface area contributed by atoms with Crippen LogP contribution >= 0.6 is 0 Å². The molecule has 0 aliphatic heterocycles. The van der Waals surface area contributed by atoms with Crippen LogP contribution in [-0.2, 0) is 4.74 Å². The molecule has 0 aliphatic rings. The van der Waals surface area contributed by atoms with E-state index in [9.17, 15) is 0 Å². The van der Waals surface area contributed by atoms with Crippen molar-refractivity contribution in [2.24, 2.45) is 0 Å². The maximum absolute atomic E-state index is 5.65. The standard InChI is InChI=1S/C18H30O/c1-3-5-6-7-8-10-15-18(16-19-4-2)17-13-11-9-12-14-17/h9,11-14,18H,3-8,10,15-16H2,1-2H3. The summed E-state index contributed by atoms with van der Waals surface area (Å²) in [5, 5.41) is 0. The van der Waals surface area contributed by atoms with Gasteiger partial charge in [-0.1, -0.05) is 75.8 Å². The lowest BCUT2D eigenvalue weighted by atomic mass is 9.93. The highest BCUT2D eigenvalue weighted by Gasteiger charge is 2.10. The first-order chi connectivity index (χ1) is 9.38. The van der Waals surface area contributed by atoms with Gasteiger partial charge in [0.1, 0.15) is 0 Å². The Morgan fingerprint density at radius 3 is 2.26 bits per heavy atom. The number of hydrogen-bond donors (Lipinski definition) is 0. The van der Waals surface area contributed by atoms with Gasteiger partial charge in [-0.2, -0.15) is 0 Å². The van der Waals surface area contributed by atoms with Crippen molar-refractivity contribution in [3.63, 3.8) is 0 Å². The molecule has 0 aliphatic carbocycles. The number of rotatable bonds is 11. The Hall–Kier alpha value is -0.820. The largest absolute Gasteiger partial charge is 0.381 e. The molecule has 1 nitrogen and oxygen atoms in total. The van der Waals surface area contributed by atoms with Gasteiger partial charge in [0.2, 0.25) is 0 Å². The average Bonchev–Trinajstić information content (AvgIpc) is 2.46. The van der Waals surface area contributed by atoms with Crippen LogP contribution in [0.5, 0.6) is 0 Å². The second-order valence-electron chi connectivity index (χ2n) is 5.32. The van der Waals surface area contributed by atoms with Crippen LogP contribution in [0.15, 0.2) is 30.3 Å². The summed E-state index contributed by atoms with van der Waals surface area (Å²) >= 11 is 0. The lowest BCUT2D eigenvalue weighted by molar-refractivity contribution is 0.129. The van der Waals surface area contributed by atoms with Gasteiger partial charge >= 0.3 is 0 Å². The first-order valence-corrected chi connectivity index (χ1v) is 8.01. The van der Waals surface area contributed by atoms with Gasteiger partial charge in [-0.3, -0.25) is 0 Å². The van der Waals surface area contributed by atoms with Gasteiger partial charge in [-0.15, -0.1) is 0 Å². The molecule has 0 saturated carbocycles. The fourth-order valence-electron chi connectivity index (χ4n) is 2.50. The fourth-order valence-corrected chi connectivity index (χ4v) is 2.50. The van der Waals surface area contributed by atoms with Crippen LogP contribution in [0, 0.1) is 0 Å². The zero-order valence-electron chi connectivity index (χ0n) is 12.7. The minimum Gasteiger partial charge on any atom is -0.381 e. The summed E-state index contributed by atoms with van der Waals surface area (Å²) in [4.78, 5) is 0. The molecule has 0 spiro atoms. The molecule has 0 saturated heterocycles. The summed E-state index contributed by atoms with van der Waals surface area (Å²) in [6.45, 7) is 6.04. The summed E-state index contributed by atoms with van der Waals surface area (Å²) in [6.07, 6.45) is 9.47. The molecular formula is C18H30O. The van der Waals surface area contributed by atoms with Crippen LogP contribution in [0.4, 0.5) is 0 Å². The SMILES string of the molecule is CCCCCCCCC(COCC)c1ccccc1. The quantitative estimate of drug-likeness (QED) is 0.475. The average molecular weight is 262 g/mol. The molecule has 1 aromatic carbocycles. The molecule has 1 rings (SSSR count). The summed E-state index contributed by atoms with van der Waals surface area (Å²) in [5.41, 5.74) is 1.43. The van der Waals surface area contributed by atoms with E-state index in [1.54, 1.807) is 0 Å². The summed E-state index contributed by atoms with van der Waals surface area (Å²) in [6, 6.07) is 10.8. The molecule has 108 valence electrons. The maximum Gasteiger partial charge on any atom is 0.0534 e. The Bertz CT molecular complexity index is 294. The number of unbranched alkanes of at least 4 members (excludes halogenated alkanes) is 5. The highest BCUT2D eigenvalue weighted by molar-refractivity contribution is 5.19. The topological polar surface area (TPSA) is 9.23 Å². The molecule has 0 aromatic heterocycles. The minimum absolute atomic E-state index is 0.576. The van der Waals surface area contributed by atoms with Crippen LogP contribution < -0.4 is 0 Å². The zero-order valence-corrected chi connectivity index (χ0v) is 12.7. The lowest BCUT2D eigenvalue weighted by Crippen LogP contribution is -2.08. The van der Waals surface area contributed by atoms with Crippen molar-refractivity contribution in [2.75, 3.05) is 13.2 Å². The molecule has 1 unspecified atom stereocenters. The van der Waals surface area contributed by atoms with Crippen LogP contribution in [0.25, 0.3) is 0 Å². The second-order valence-corrected chi connectivity index (χ2v) is 5.32. The van der Waals surface area contributed by atoms with E-state index in [0.717, 1.165) is 13.2 Å². The smallest absolute Gasteiger partial charge is 0.0534 e. The summed E-state index contributed by atoms with van der Waals surface area (Å²) in [5.74, 6) is 0.576. The molecule has 0 radical (unpaired) electrons. The van der Waals surface area contributed by atoms with E-state index in [1.165, 1.54) is 50.5 Å². The summed E-state index contributed by atoms with van der Waals surface area (Å²) < 4.78 is 5.65. The molecule has 19 heavy (non-hydrogen) atoms. The Kier molecular flexibility index (Phi) is 9.44. The molecule has 0 amide bonds. The Labute approximate surface area is 119 Å². The lowest BCUT2D eigenvalue weighted by Gasteiger charge is -2.17. The monoisotopic (exact) mass is 262 g/mol.